The highest BCUT2D eigenvalue weighted by atomic mass is 32.1. The second-order valence-electron chi connectivity index (χ2n) is 3.35. The summed E-state index contributed by atoms with van der Waals surface area (Å²) < 4.78 is 0. The smallest absolute Gasteiger partial charge is 0.0819 e. The third kappa shape index (κ3) is 2.07. The molecule has 0 aromatic carbocycles. The molecule has 0 aliphatic carbocycles. The van der Waals surface area contributed by atoms with E-state index >= 15 is 0 Å². The molecule has 4 heteroatoms. The average Bonchev–Trinajstić information content (AvgIpc) is 2.75. The third-order valence-electron chi connectivity index (χ3n) is 2.38. The number of rotatable bonds is 3. The predicted octanol–water partition coefficient (Wildman–Crippen LogP) is 2.00. The Kier molecular flexibility index (Phi) is 3.11. The van der Waals surface area contributed by atoms with Crippen LogP contribution in [0.1, 0.15) is 22.0 Å². The van der Waals surface area contributed by atoms with Gasteiger partial charge in [0, 0.05) is 17.3 Å². The van der Waals surface area contributed by atoms with E-state index < -0.39 is 0 Å². The molecule has 0 aliphatic rings. The molecule has 3 nitrogen and oxygen atoms in total. The molecule has 3 N–H and O–H groups in total. The first-order chi connectivity index (χ1) is 7.33. The van der Waals surface area contributed by atoms with Crippen LogP contribution in [0.25, 0.3) is 0 Å². The molecule has 0 saturated heterocycles. The van der Waals surface area contributed by atoms with Crippen molar-refractivity contribution in [3.63, 3.8) is 0 Å². The molecule has 0 bridgehead atoms. The maximum atomic E-state index is 5.59. The summed E-state index contributed by atoms with van der Waals surface area (Å²) in [4.78, 5) is 5.34. The van der Waals surface area contributed by atoms with Gasteiger partial charge in [-0.25, -0.2) is 5.43 Å². The summed E-state index contributed by atoms with van der Waals surface area (Å²) in [5.41, 5.74) is 5.15. The summed E-state index contributed by atoms with van der Waals surface area (Å²) in [6.45, 7) is 2.06. The van der Waals surface area contributed by atoms with Crippen molar-refractivity contribution >= 4 is 11.3 Å². The average molecular weight is 219 g/mol. The quantitative estimate of drug-likeness (QED) is 0.613. The molecule has 78 valence electrons. The molecule has 0 amide bonds. The Bertz CT molecular complexity index is 425. The summed E-state index contributed by atoms with van der Waals surface area (Å²) in [6.07, 6.45) is 3.65. The van der Waals surface area contributed by atoms with Crippen LogP contribution < -0.4 is 11.3 Å². The zero-order valence-corrected chi connectivity index (χ0v) is 9.29. The minimum absolute atomic E-state index is 0.0405. The molecule has 0 spiro atoms. The molecule has 2 aromatic rings. The topological polar surface area (TPSA) is 50.9 Å². The van der Waals surface area contributed by atoms with E-state index in [1.807, 2.05) is 23.7 Å². The Balaban J connectivity index is 2.40. The number of thiophene rings is 1. The lowest BCUT2D eigenvalue weighted by molar-refractivity contribution is 0.641. The largest absolute Gasteiger partial charge is 0.271 e. The van der Waals surface area contributed by atoms with Gasteiger partial charge in [0.15, 0.2) is 0 Å². The minimum atomic E-state index is 0.0405. The zero-order chi connectivity index (χ0) is 10.7. The lowest BCUT2D eigenvalue weighted by Gasteiger charge is -2.16. The van der Waals surface area contributed by atoms with E-state index in [1.54, 1.807) is 17.5 Å². The summed E-state index contributed by atoms with van der Waals surface area (Å²) >= 11 is 1.69. The van der Waals surface area contributed by atoms with E-state index in [-0.39, 0.29) is 6.04 Å². The molecule has 0 saturated carbocycles. The second-order valence-corrected chi connectivity index (χ2v) is 4.33. The molecule has 2 aromatic heterocycles. The fraction of sp³-hybridized carbons (Fsp3) is 0.182. The van der Waals surface area contributed by atoms with Crippen molar-refractivity contribution in [1.29, 1.82) is 0 Å². The highest BCUT2D eigenvalue weighted by molar-refractivity contribution is 7.10. The van der Waals surface area contributed by atoms with Crippen molar-refractivity contribution in [2.24, 2.45) is 5.84 Å². The molecule has 0 aliphatic heterocycles. The lowest BCUT2D eigenvalue weighted by atomic mass is 10.0. The van der Waals surface area contributed by atoms with E-state index in [2.05, 4.69) is 23.4 Å². The highest BCUT2D eigenvalue weighted by Gasteiger charge is 2.15. The van der Waals surface area contributed by atoms with Crippen LogP contribution in [-0.2, 0) is 0 Å². The van der Waals surface area contributed by atoms with Crippen LogP contribution in [0.3, 0.4) is 0 Å². The number of hydrazine groups is 1. The molecule has 2 heterocycles. The van der Waals surface area contributed by atoms with E-state index in [0.29, 0.717) is 0 Å². The van der Waals surface area contributed by atoms with Crippen LogP contribution in [0.4, 0.5) is 0 Å². The van der Waals surface area contributed by atoms with Crippen molar-refractivity contribution in [3.05, 3.63) is 52.0 Å². The van der Waals surface area contributed by atoms with Gasteiger partial charge in [0.25, 0.3) is 0 Å². The Morgan fingerprint density at radius 3 is 2.93 bits per heavy atom. The SMILES string of the molecule is Cc1ccncc1C(NN)c1cccs1. The van der Waals surface area contributed by atoms with Crippen molar-refractivity contribution in [3.8, 4) is 0 Å². The summed E-state index contributed by atoms with van der Waals surface area (Å²) in [6, 6.07) is 6.13. The van der Waals surface area contributed by atoms with Gasteiger partial charge in [-0.3, -0.25) is 10.8 Å². The number of hydrogen-bond donors (Lipinski definition) is 2. The number of nitrogens with zero attached hydrogens (tertiary/aromatic N) is 1. The van der Waals surface area contributed by atoms with Crippen molar-refractivity contribution in [2.75, 3.05) is 0 Å². The number of nitrogens with two attached hydrogens (primary N) is 1. The zero-order valence-electron chi connectivity index (χ0n) is 8.47. The summed E-state index contributed by atoms with van der Waals surface area (Å²) in [5, 5.41) is 2.05. The normalized spacial score (nSPS) is 12.7. The van der Waals surface area contributed by atoms with Crippen LogP contribution >= 0.6 is 11.3 Å². The van der Waals surface area contributed by atoms with Gasteiger partial charge in [-0.15, -0.1) is 11.3 Å². The van der Waals surface area contributed by atoms with Crippen molar-refractivity contribution in [2.45, 2.75) is 13.0 Å². The van der Waals surface area contributed by atoms with Gasteiger partial charge in [-0.05, 0) is 35.6 Å². The molecular formula is C11H13N3S. The van der Waals surface area contributed by atoms with Crippen molar-refractivity contribution < 1.29 is 0 Å². The van der Waals surface area contributed by atoms with Gasteiger partial charge in [-0.1, -0.05) is 6.07 Å². The van der Waals surface area contributed by atoms with Gasteiger partial charge in [0.2, 0.25) is 0 Å². The monoisotopic (exact) mass is 219 g/mol. The molecule has 1 atom stereocenters. The van der Waals surface area contributed by atoms with Crippen LogP contribution in [0.2, 0.25) is 0 Å². The number of pyridine rings is 1. The standard InChI is InChI=1S/C11H13N3S/c1-8-4-5-13-7-9(8)11(14-12)10-3-2-6-15-10/h2-7,11,14H,12H2,1H3. The molecular weight excluding hydrogens is 206 g/mol. The lowest BCUT2D eigenvalue weighted by Crippen LogP contribution is -2.28. The third-order valence-corrected chi connectivity index (χ3v) is 3.32. The predicted molar refractivity (Wildman–Crippen MR) is 62.5 cm³/mol. The Labute approximate surface area is 92.9 Å². The highest BCUT2D eigenvalue weighted by Crippen LogP contribution is 2.26. The summed E-state index contributed by atoms with van der Waals surface area (Å²) in [5.74, 6) is 5.59. The van der Waals surface area contributed by atoms with Gasteiger partial charge in [0.1, 0.15) is 0 Å². The molecule has 0 fully saturated rings. The first kappa shape index (κ1) is 10.3. The van der Waals surface area contributed by atoms with E-state index in [0.717, 1.165) is 5.56 Å². The van der Waals surface area contributed by atoms with Crippen LogP contribution in [0.5, 0.6) is 0 Å². The van der Waals surface area contributed by atoms with E-state index in [1.165, 1.54) is 10.4 Å². The Hall–Kier alpha value is -1.23. The van der Waals surface area contributed by atoms with E-state index in [4.69, 9.17) is 5.84 Å². The van der Waals surface area contributed by atoms with Gasteiger partial charge >= 0.3 is 0 Å². The van der Waals surface area contributed by atoms with Gasteiger partial charge in [0.05, 0.1) is 6.04 Å². The fourth-order valence-electron chi connectivity index (χ4n) is 1.56. The van der Waals surface area contributed by atoms with E-state index in [9.17, 15) is 0 Å². The van der Waals surface area contributed by atoms with Gasteiger partial charge in [-0.2, -0.15) is 0 Å². The summed E-state index contributed by atoms with van der Waals surface area (Å²) in [7, 11) is 0. The number of nitrogens with one attached hydrogen (secondary N) is 1. The first-order valence-electron chi connectivity index (χ1n) is 4.73. The maximum Gasteiger partial charge on any atom is 0.0819 e. The van der Waals surface area contributed by atoms with Gasteiger partial charge < -0.3 is 0 Å². The maximum absolute atomic E-state index is 5.59. The molecule has 1 unspecified atom stereocenters. The minimum Gasteiger partial charge on any atom is -0.271 e. The fourth-order valence-corrected chi connectivity index (χ4v) is 2.36. The van der Waals surface area contributed by atoms with Crippen LogP contribution in [0, 0.1) is 6.92 Å². The number of hydrogen-bond acceptors (Lipinski definition) is 4. The molecule has 0 radical (unpaired) electrons. The second kappa shape index (κ2) is 4.53. The Morgan fingerprint density at radius 1 is 1.47 bits per heavy atom. The van der Waals surface area contributed by atoms with Crippen LogP contribution in [0.15, 0.2) is 36.0 Å². The Morgan fingerprint density at radius 2 is 2.33 bits per heavy atom. The van der Waals surface area contributed by atoms with Crippen LogP contribution in [-0.4, -0.2) is 4.98 Å². The first-order valence-corrected chi connectivity index (χ1v) is 5.61. The van der Waals surface area contributed by atoms with Crippen molar-refractivity contribution in [1.82, 2.24) is 10.4 Å². The molecule has 2 rings (SSSR count). The number of aromatic nitrogens is 1. The number of aryl methyl sites for hydroxylation is 1. The molecule has 15 heavy (non-hydrogen) atoms.